The summed E-state index contributed by atoms with van der Waals surface area (Å²) in [6, 6.07) is 2.44. The maximum atomic E-state index is 12.9. The number of aliphatic hydroxyl groups is 7. The number of methoxy groups -OCH3 is 1. The van der Waals surface area contributed by atoms with Crippen LogP contribution >= 0.6 is 0 Å². The molecule has 0 aromatic heterocycles. The summed E-state index contributed by atoms with van der Waals surface area (Å²) in [4.78, 5) is 12.9. The second kappa shape index (κ2) is 12.8. The molecule has 240 valence electrons. The molecule has 0 radical (unpaired) electrons. The van der Waals surface area contributed by atoms with Gasteiger partial charge in [0, 0.05) is 31.6 Å². The summed E-state index contributed by atoms with van der Waals surface area (Å²) >= 11 is 0. The summed E-state index contributed by atoms with van der Waals surface area (Å²) < 4.78 is 33.5. The summed E-state index contributed by atoms with van der Waals surface area (Å²) in [5.41, 5.74) is -0.0539. The van der Waals surface area contributed by atoms with Crippen LogP contribution in [0.3, 0.4) is 0 Å². The van der Waals surface area contributed by atoms with Gasteiger partial charge in [0.05, 0.1) is 12.7 Å². The van der Waals surface area contributed by atoms with Crippen LogP contribution in [0.1, 0.15) is 36.5 Å². The Morgan fingerprint density at radius 3 is 2.28 bits per heavy atom. The molecule has 0 saturated carbocycles. The third-order valence-electron chi connectivity index (χ3n) is 8.39. The minimum atomic E-state index is -1.76. The van der Waals surface area contributed by atoms with Crippen molar-refractivity contribution >= 4 is 5.78 Å². The van der Waals surface area contributed by atoms with Crippen molar-refractivity contribution in [3.8, 4) is 17.2 Å². The highest BCUT2D eigenvalue weighted by Gasteiger charge is 2.47. The predicted molar refractivity (Wildman–Crippen MR) is 141 cm³/mol. The Morgan fingerprint density at radius 1 is 0.884 bits per heavy atom. The van der Waals surface area contributed by atoms with Gasteiger partial charge < -0.3 is 69.3 Å². The van der Waals surface area contributed by atoms with E-state index in [1.54, 1.807) is 6.08 Å². The highest BCUT2D eigenvalue weighted by atomic mass is 16.7. The number of Topliss-reactive ketones (excluding diaryl/α,β-unsaturated/α-hetero) is 1. The van der Waals surface area contributed by atoms with Crippen LogP contribution in [0.4, 0.5) is 0 Å². The van der Waals surface area contributed by atoms with Crippen LogP contribution < -0.4 is 9.47 Å². The lowest BCUT2D eigenvalue weighted by Crippen LogP contribution is -2.61. The van der Waals surface area contributed by atoms with Gasteiger partial charge in [0.2, 0.25) is 6.29 Å². The second-order valence-electron chi connectivity index (χ2n) is 11.3. The Hall–Kier alpha value is -2.57. The summed E-state index contributed by atoms with van der Waals surface area (Å²) in [6.45, 7) is 0.981. The van der Waals surface area contributed by atoms with Crippen LogP contribution in [-0.4, -0.2) is 134 Å². The van der Waals surface area contributed by atoms with Crippen LogP contribution in [0.5, 0.6) is 17.2 Å². The van der Waals surface area contributed by atoms with Gasteiger partial charge in [-0.1, -0.05) is 0 Å². The maximum Gasteiger partial charge on any atom is 0.229 e. The number of hydrogen-bond acceptors (Lipinski definition) is 15. The van der Waals surface area contributed by atoms with E-state index >= 15 is 0 Å². The van der Waals surface area contributed by atoms with Crippen molar-refractivity contribution in [2.75, 3.05) is 13.7 Å². The lowest BCUT2D eigenvalue weighted by molar-refractivity contribution is -0.318. The Labute approximate surface area is 246 Å². The van der Waals surface area contributed by atoms with Crippen LogP contribution in [0.2, 0.25) is 0 Å². The van der Waals surface area contributed by atoms with E-state index in [0.717, 1.165) is 6.07 Å². The Balaban J connectivity index is 1.28. The largest absolute Gasteiger partial charge is 0.510 e. The molecule has 2 fully saturated rings. The number of benzene rings is 1. The van der Waals surface area contributed by atoms with Crippen LogP contribution in [-0.2, 0) is 18.9 Å². The van der Waals surface area contributed by atoms with Crippen molar-refractivity contribution < 1.29 is 74.1 Å². The summed E-state index contributed by atoms with van der Waals surface area (Å²) in [5.74, 6) is -1.13. The van der Waals surface area contributed by atoms with Crippen molar-refractivity contribution in [1.82, 2.24) is 0 Å². The molecule has 3 aliphatic heterocycles. The molecule has 15 heteroatoms. The first-order valence-corrected chi connectivity index (χ1v) is 14.1. The quantitative estimate of drug-likeness (QED) is 0.177. The molecule has 2 saturated heterocycles. The van der Waals surface area contributed by atoms with E-state index in [2.05, 4.69) is 0 Å². The first-order chi connectivity index (χ1) is 20.4. The van der Waals surface area contributed by atoms with E-state index in [9.17, 15) is 45.6 Å². The molecule has 1 aromatic rings. The summed E-state index contributed by atoms with van der Waals surface area (Å²) in [6.07, 6.45) is -13.2. The molecule has 1 aliphatic carbocycles. The van der Waals surface area contributed by atoms with Crippen LogP contribution in [0.15, 0.2) is 24.0 Å². The van der Waals surface area contributed by atoms with E-state index in [-0.39, 0.29) is 40.9 Å². The molecule has 5 rings (SSSR count). The van der Waals surface area contributed by atoms with Gasteiger partial charge in [0.25, 0.3) is 0 Å². The average molecular weight is 615 g/mol. The van der Waals surface area contributed by atoms with Gasteiger partial charge in [-0.3, -0.25) is 4.79 Å². The van der Waals surface area contributed by atoms with E-state index in [1.807, 2.05) is 0 Å². The zero-order valence-corrected chi connectivity index (χ0v) is 23.5. The van der Waals surface area contributed by atoms with Crippen molar-refractivity contribution in [1.29, 1.82) is 0 Å². The minimum Gasteiger partial charge on any atom is -0.510 e. The number of carbonyl (C=O) groups excluding carboxylic acids is 1. The number of phenolic OH excluding ortho intramolecular Hbond substituents is 1. The number of ketones is 1. The maximum absolute atomic E-state index is 12.9. The molecule has 13 atom stereocenters. The number of phenols is 1. The lowest BCUT2D eigenvalue weighted by Gasteiger charge is -2.42. The fourth-order valence-corrected chi connectivity index (χ4v) is 5.81. The van der Waals surface area contributed by atoms with Gasteiger partial charge in [-0.15, -0.1) is 0 Å². The first-order valence-electron chi connectivity index (χ1n) is 14.1. The van der Waals surface area contributed by atoms with E-state index in [4.69, 9.17) is 28.4 Å². The molecule has 43 heavy (non-hydrogen) atoms. The number of ether oxygens (including phenoxy) is 6. The SMILES string of the molecule is CO[C@@H]1CC[C@H]([C@H]2CC(=O)c3c(O)cc(O[C@H]4O[C@@H](CO[C@H]5O[C@H](C)[C@@H](O)[C@H](O)[C@@H]5O)[C@H](O)[C@@H](O)[C@@H]4O)cc3O2)C=C1O. The molecule has 0 spiro atoms. The summed E-state index contributed by atoms with van der Waals surface area (Å²) in [7, 11) is 1.49. The fraction of sp³-hybridized carbons (Fsp3) is 0.679. The minimum absolute atomic E-state index is 0.0158. The Kier molecular flexibility index (Phi) is 9.48. The first kappa shape index (κ1) is 31.8. The normalized spacial score (nSPS) is 41.6. The third kappa shape index (κ3) is 6.33. The van der Waals surface area contributed by atoms with Crippen LogP contribution in [0, 0.1) is 5.92 Å². The van der Waals surface area contributed by atoms with Gasteiger partial charge in [-0.25, -0.2) is 0 Å². The molecule has 1 aromatic carbocycles. The lowest BCUT2D eigenvalue weighted by atomic mass is 9.84. The number of rotatable bonds is 7. The molecule has 3 heterocycles. The molecular weight excluding hydrogens is 576 g/mol. The Bertz CT molecular complexity index is 1190. The van der Waals surface area contributed by atoms with Crippen LogP contribution in [0.25, 0.3) is 0 Å². The monoisotopic (exact) mass is 614 g/mol. The topological polar surface area (TPSA) is 234 Å². The van der Waals surface area contributed by atoms with E-state index in [1.165, 1.54) is 20.1 Å². The van der Waals surface area contributed by atoms with Gasteiger partial charge in [-0.2, -0.15) is 0 Å². The standard InChI is InChI=1S/C28H38O15/c1-10-21(32)23(34)25(36)27(40-10)39-9-19-22(33)24(35)26(37)28(43-19)41-12-6-14(30)20-15(31)8-17(42-18(20)7-12)11-3-4-16(38-2)13(29)5-11/h5-7,10-11,16-17,19,21-30,32-37H,3-4,8-9H2,1-2H3/t10-,11+,16-,17-,19+,21-,22+,23+,24-,25+,26+,27+,28+/m1/s1. The Morgan fingerprint density at radius 2 is 1.58 bits per heavy atom. The number of fused-ring (bicyclic) bond motifs is 1. The van der Waals surface area contributed by atoms with Gasteiger partial charge in [0.1, 0.15) is 83.5 Å². The van der Waals surface area contributed by atoms with Crippen molar-refractivity contribution in [3.05, 3.63) is 29.5 Å². The third-order valence-corrected chi connectivity index (χ3v) is 8.39. The summed E-state index contributed by atoms with van der Waals surface area (Å²) in [5, 5.41) is 82.4. The molecule has 15 nitrogen and oxygen atoms in total. The molecule has 0 amide bonds. The number of carbonyl (C=O) groups is 1. The number of hydrogen-bond donors (Lipinski definition) is 8. The smallest absolute Gasteiger partial charge is 0.229 e. The average Bonchev–Trinajstić information content (AvgIpc) is 2.97. The number of aliphatic hydroxyl groups excluding tert-OH is 7. The molecule has 8 N–H and O–H groups in total. The fourth-order valence-electron chi connectivity index (χ4n) is 5.81. The van der Waals surface area contributed by atoms with Gasteiger partial charge >= 0.3 is 0 Å². The van der Waals surface area contributed by atoms with Crippen molar-refractivity contribution in [2.24, 2.45) is 5.92 Å². The highest BCUT2D eigenvalue weighted by molar-refractivity contribution is 6.02. The molecular formula is C28H38O15. The second-order valence-corrected chi connectivity index (χ2v) is 11.3. The predicted octanol–water partition coefficient (Wildman–Crippen LogP) is -1.38. The molecule has 0 bridgehead atoms. The van der Waals surface area contributed by atoms with Gasteiger partial charge in [0.15, 0.2) is 12.1 Å². The molecule has 0 unspecified atom stereocenters. The van der Waals surface area contributed by atoms with Gasteiger partial charge in [-0.05, 0) is 25.8 Å². The molecule has 4 aliphatic rings. The highest BCUT2D eigenvalue weighted by Crippen LogP contribution is 2.42. The van der Waals surface area contributed by atoms with Crippen molar-refractivity contribution in [2.45, 2.75) is 99.8 Å². The zero-order chi connectivity index (χ0) is 31.2. The van der Waals surface area contributed by atoms with E-state index < -0.39 is 86.0 Å². The zero-order valence-electron chi connectivity index (χ0n) is 23.5. The van der Waals surface area contributed by atoms with Crippen molar-refractivity contribution in [3.63, 3.8) is 0 Å². The number of aromatic hydroxyl groups is 1. The van der Waals surface area contributed by atoms with E-state index in [0.29, 0.717) is 12.8 Å².